The summed E-state index contributed by atoms with van der Waals surface area (Å²) in [5.41, 5.74) is 0.974. The molecule has 2 rings (SSSR count). The van der Waals surface area contributed by atoms with E-state index in [1.165, 1.54) is 17.0 Å². The fourth-order valence-electron chi connectivity index (χ4n) is 4.18. The zero-order chi connectivity index (χ0) is 31.3. The van der Waals surface area contributed by atoms with Crippen LogP contribution >= 0.6 is 0 Å². The number of carbonyl (C=O) groups is 4. The van der Waals surface area contributed by atoms with Gasteiger partial charge in [-0.2, -0.15) is 0 Å². The van der Waals surface area contributed by atoms with Crippen LogP contribution in [0.1, 0.15) is 70.2 Å². The smallest absolute Gasteiger partial charge is 0.408 e. The van der Waals surface area contributed by atoms with Crippen LogP contribution in [-0.4, -0.2) is 65.2 Å². The third kappa shape index (κ3) is 10.8. The second-order valence-corrected chi connectivity index (χ2v) is 10.6. The summed E-state index contributed by atoms with van der Waals surface area (Å²) in [5.74, 6) is 1.13. The summed E-state index contributed by atoms with van der Waals surface area (Å²) < 4.78 is 10.4. The van der Waals surface area contributed by atoms with Crippen LogP contribution in [0, 0.1) is 12.3 Å². The van der Waals surface area contributed by atoms with Gasteiger partial charge in [0.2, 0.25) is 11.8 Å². The predicted molar refractivity (Wildman–Crippen MR) is 158 cm³/mol. The van der Waals surface area contributed by atoms with E-state index in [9.17, 15) is 24.3 Å². The van der Waals surface area contributed by atoms with Crippen LogP contribution in [0.2, 0.25) is 0 Å². The Bertz CT molecular complexity index is 1240. The summed E-state index contributed by atoms with van der Waals surface area (Å²) in [4.78, 5) is 53.9. The number of carbonyl (C=O) groups excluding carboxylic acids is 4. The minimum atomic E-state index is -1.10. The maximum atomic E-state index is 14.2. The zero-order valence-corrected chi connectivity index (χ0v) is 24.9. The van der Waals surface area contributed by atoms with Crippen molar-refractivity contribution in [2.45, 2.75) is 71.6 Å². The highest BCUT2D eigenvalue weighted by atomic mass is 16.6. The minimum absolute atomic E-state index is 0.0118. The largest absolute Gasteiger partial charge is 0.508 e. The SMILES string of the molecule is C#Cc1ccc(C(C(=O)NCCC(=O)OCC)N(CCC)C(=O)C(Cc2ccc(O)cc2)NC(=O)OC(C)(C)C)cc1. The van der Waals surface area contributed by atoms with Crippen LogP contribution < -0.4 is 10.6 Å². The van der Waals surface area contributed by atoms with E-state index in [2.05, 4.69) is 16.6 Å². The molecule has 2 unspecified atom stereocenters. The van der Waals surface area contributed by atoms with Crippen LogP contribution in [0.5, 0.6) is 5.75 Å². The van der Waals surface area contributed by atoms with Gasteiger partial charge >= 0.3 is 12.1 Å². The van der Waals surface area contributed by atoms with Crippen molar-refractivity contribution in [3.8, 4) is 18.1 Å². The maximum absolute atomic E-state index is 14.2. The van der Waals surface area contributed by atoms with Gasteiger partial charge in [-0.3, -0.25) is 14.4 Å². The Labute approximate surface area is 247 Å². The molecular weight excluding hydrogens is 538 g/mol. The molecule has 0 saturated carbocycles. The van der Waals surface area contributed by atoms with Crippen molar-refractivity contribution in [1.29, 1.82) is 0 Å². The summed E-state index contributed by atoms with van der Waals surface area (Å²) in [6.07, 6.45) is 5.28. The van der Waals surface area contributed by atoms with Gasteiger partial charge < -0.3 is 30.1 Å². The van der Waals surface area contributed by atoms with Crippen LogP contribution in [0.4, 0.5) is 4.79 Å². The van der Waals surface area contributed by atoms with Crippen LogP contribution in [0.3, 0.4) is 0 Å². The molecule has 0 fully saturated rings. The van der Waals surface area contributed by atoms with Gasteiger partial charge in [0.05, 0.1) is 13.0 Å². The van der Waals surface area contributed by atoms with E-state index >= 15 is 0 Å². The third-order valence-corrected chi connectivity index (χ3v) is 6.00. The number of alkyl carbamates (subject to hydrolysis) is 1. The lowest BCUT2D eigenvalue weighted by molar-refractivity contribution is -0.144. The van der Waals surface area contributed by atoms with Crippen molar-refractivity contribution in [2.75, 3.05) is 19.7 Å². The number of benzene rings is 2. The fraction of sp³-hybridized carbons (Fsp3) is 0.438. The molecule has 0 saturated heterocycles. The van der Waals surface area contributed by atoms with E-state index in [1.54, 1.807) is 64.1 Å². The fourth-order valence-corrected chi connectivity index (χ4v) is 4.18. The van der Waals surface area contributed by atoms with Crippen molar-refractivity contribution in [3.63, 3.8) is 0 Å². The number of phenolic OH excluding ortho intramolecular Hbond substituents is 1. The number of phenols is 1. The Hall–Kier alpha value is -4.52. The van der Waals surface area contributed by atoms with Crippen molar-refractivity contribution in [1.82, 2.24) is 15.5 Å². The Morgan fingerprint density at radius 3 is 2.21 bits per heavy atom. The van der Waals surface area contributed by atoms with Gasteiger partial charge in [-0.25, -0.2) is 4.79 Å². The molecule has 0 bridgehead atoms. The van der Waals surface area contributed by atoms with Gasteiger partial charge in [-0.15, -0.1) is 6.42 Å². The lowest BCUT2D eigenvalue weighted by Crippen LogP contribution is -2.54. The predicted octanol–water partition coefficient (Wildman–Crippen LogP) is 3.86. The van der Waals surface area contributed by atoms with Gasteiger partial charge in [-0.05, 0) is 69.5 Å². The molecule has 0 aliphatic heterocycles. The summed E-state index contributed by atoms with van der Waals surface area (Å²) in [5, 5.41) is 15.1. The first-order valence-electron chi connectivity index (χ1n) is 14.0. The Morgan fingerprint density at radius 1 is 1.02 bits per heavy atom. The molecule has 0 spiro atoms. The summed E-state index contributed by atoms with van der Waals surface area (Å²) in [7, 11) is 0. The topological polar surface area (TPSA) is 134 Å². The van der Waals surface area contributed by atoms with Crippen LogP contribution in [0.25, 0.3) is 0 Å². The highest BCUT2D eigenvalue weighted by Gasteiger charge is 2.36. The summed E-state index contributed by atoms with van der Waals surface area (Å²) in [6.45, 7) is 9.12. The number of rotatable bonds is 13. The molecule has 0 aromatic heterocycles. The monoisotopic (exact) mass is 579 g/mol. The number of amides is 3. The summed E-state index contributed by atoms with van der Waals surface area (Å²) >= 11 is 0. The number of ether oxygens (including phenoxy) is 2. The standard InChI is InChI=1S/C32H41N3O7/c1-7-20-35(28(24-14-10-22(8-2)11-15-24)29(38)33-19-18-27(37)41-9-3)30(39)26(34-31(40)42-32(4,5)6)21-23-12-16-25(36)17-13-23/h2,10-17,26,28,36H,7,9,18-21H2,1,3-6H3,(H,33,38)(H,34,40). The average Bonchev–Trinajstić information content (AvgIpc) is 2.92. The van der Waals surface area contributed by atoms with Crippen LogP contribution in [-0.2, 0) is 30.3 Å². The maximum Gasteiger partial charge on any atom is 0.408 e. The molecule has 10 heteroatoms. The molecule has 0 aliphatic rings. The Balaban J connectivity index is 2.48. The van der Waals surface area contributed by atoms with Gasteiger partial charge in [0.1, 0.15) is 23.4 Å². The van der Waals surface area contributed by atoms with Gasteiger partial charge in [0.25, 0.3) is 0 Å². The van der Waals surface area contributed by atoms with Gasteiger partial charge in [-0.1, -0.05) is 37.1 Å². The highest BCUT2D eigenvalue weighted by molar-refractivity contribution is 5.92. The first kappa shape index (κ1) is 33.7. The molecule has 0 aliphatic carbocycles. The average molecular weight is 580 g/mol. The Morgan fingerprint density at radius 2 is 1.67 bits per heavy atom. The zero-order valence-electron chi connectivity index (χ0n) is 24.9. The number of aromatic hydroxyl groups is 1. The van der Waals surface area contributed by atoms with E-state index in [1.807, 2.05) is 6.92 Å². The third-order valence-electron chi connectivity index (χ3n) is 6.00. The van der Waals surface area contributed by atoms with E-state index < -0.39 is 41.6 Å². The highest BCUT2D eigenvalue weighted by Crippen LogP contribution is 2.25. The second kappa shape index (κ2) is 16.1. The minimum Gasteiger partial charge on any atom is -0.508 e. The molecule has 2 atom stereocenters. The van der Waals surface area contributed by atoms with Gasteiger partial charge in [0.15, 0.2) is 0 Å². The van der Waals surface area contributed by atoms with E-state index in [-0.39, 0.29) is 38.3 Å². The molecule has 3 N–H and O–H groups in total. The van der Waals surface area contributed by atoms with Crippen molar-refractivity contribution in [3.05, 3.63) is 65.2 Å². The molecule has 2 aromatic carbocycles. The number of hydrogen-bond acceptors (Lipinski definition) is 7. The number of esters is 1. The van der Waals surface area contributed by atoms with E-state index in [4.69, 9.17) is 15.9 Å². The molecule has 0 radical (unpaired) electrons. The van der Waals surface area contributed by atoms with Crippen molar-refractivity contribution >= 4 is 23.9 Å². The van der Waals surface area contributed by atoms with Gasteiger partial charge in [0, 0.05) is 25.1 Å². The molecule has 226 valence electrons. The Kier molecular flexibility index (Phi) is 12.9. The van der Waals surface area contributed by atoms with E-state index in [0.29, 0.717) is 23.1 Å². The lowest BCUT2D eigenvalue weighted by atomic mass is 9.99. The molecule has 10 nitrogen and oxygen atoms in total. The van der Waals surface area contributed by atoms with Crippen molar-refractivity contribution < 1.29 is 33.8 Å². The number of terminal acetylenes is 1. The number of nitrogens with zero attached hydrogens (tertiary/aromatic N) is 1. The van der Waals surface area contributed by atoms with Crippen LogP contribution in [0.15, 0.2) is 48.5 Å². The first-order chi connectivity index (χ1) is 19.9. The molecule has 3 amide bonds. The number of hydrogen-bond donors (Lipinski definition) is 3. The molecule has 2 aromatic rings. The normalized spacial score (nSPS) is 12.3. The second-order valence-electron chi connectivity index (χ2n) is 10.6. The quantitative estimate of drug-likeness (QED) is 0.242. The molecule has 0 heterocycles. The molecule has 42 heavy (non-hydrogen) atoms. The number of nitrogens with one attached hydrogen (secondary N) is 2. The lowest BCUT2D eigenvalue weighted by Gasteiger charge is -2.34. The van der Waals surface area contributed by atoms with Crippen molar-refractivity contribution in [2.24, 2.45) is 0 Å². The first-order valence-corrected chi connectivity index (χ1v) is 14.0. The molecular formula is C32H41N3O7. The summed E-state index contributed by atoms with van der Waals surface area (Å²) in [6, 6.07) is 10.8. The van der Waals surface area contributed by atoms with E-state index in [0.717, 1.165) is 0 Å².